The smallest absolute Gasteiger partial charge is 0.250 e. The molecule has 0 radical (unpaired) electrons. The summed E-state index contributed by atoms with van der Waals surface area (Å²) < 4.78 is 26.4. The number of unbranched alkanes of at least 4 members (excludes halogenated alkanes) is 1. The van der Waals surface area contributed by atoms with E-state index < -0.39 is 10.0 Å². The molecule has 1 aromatic rings. The molecule has 0 aliphatic heterocycles. The summed E-state index contributed by atoms with van der Waals surface area (Å²) >= 11 is 2.86. The minimum Gasteiger partial charge on any atom is -0.391 e. The van der Waals surface area contributed by atoms with Crippen LogP contribution in [0, 0.1) is 0 Å². The monoisotopic (exact) mass is 295 g/mol. The van der Waals surface area contributed by atoms with Crippen molar-refractivity contribution in [1.82, 2.24) is 4.72 Å². The van der Waals surface area contributed by atoms with Gasteiger partial charge in [0, 0.05) is 11.4 Å². The summed E-state index contributed by atoms with van der Waals surface area (Å²) in [6, 6.07) is 3.16. The number of aliphatic hydroxyl groups is 1. The maximum Gasteiger partial charge on any atom is 0.250 e. The molecule has 7 heteroatoms. The van der Waals surface area contributed by atoms with Crippen molar-refractivity contribution in [3.05, 3.63) is 17.0 Å². The fourth-order valence-electron chi connectivity index (χ4n) is 1.24. The number of rotatable bonds is 8. The third-order valence-corrected chi connectivity index (χ3v) is 5.84. The van der Waals surface area contributed by atoms with Gasteiger partial charge in [-0.3, -0.25) is 0 Å². The fraction of sp³-hybridized carbons (Fsp3) is 0.600. The van der Waals surface area contributed by atoms with Gasteiger partial charge in [0.1, 0.15) is 4.21 Å². The van der Waals surface area contributed by atoms with Gasteiger partial charge in [-0.2, -0.15) is 11.8 Å². The van der Waals surface area contributed by atoms with Crippen molar-refractivity contribution in [3.8, 4) is 0 Å². The fourth-order valence-corrected chi connectivity index (χ4v) is 4.06. The Morgan fingerprint density at radius 3 is 2.76 bits per heavy atom. The molecule has 1 heterocycles. The zero-order valence-electron chi connectivity index (χ0n) is 9.68. The SMILES string of the molecule is CSCCCCNS(=O)(=O)c1ccc(CO)s1. The van der Waals surface area contributed by atoms with Gasteiger partial charge in [-0.1, -0.05) is 0 Å². The van der Waals surface area contributed by atoms with E-state index in [9.17, 15) is 8.42 Å². The molecule has 0 fully saturated rings. The van der Waals surface area contributed by atoms with E-state index in [2.05, 4.69) is 4.72 Å². The molecule has 0 spiro atoms. The molecule has 17 heavy (non-hydrogen) atoms. The third kappa shape index (κ3) is 4.97. The highest BCUT2D eigenvalue weighted by molar-refractivity contribution is 7.98. The van der Waals surface area contributed by atoms with Crippen LogP contribution < -0.4 is 4.72 Å². The van der Waals surface area contributed by atoms with Gasteiger partial charge in [0.25, 0.3) is 0 Å². The van der Waals surface area contributed by atoms with Crippen molar-refractivity contribution < 1.29 is 13.5 Å². The molecular formula is C10H17NO3S3. The van der Waals surface area contributed by atoms with E-state index in [0.29, 0.717) is 11.4 Å². The van der Waals surface area contributed by atoms with Gasteiger partial charge < -0.3 is 5.11 Å². The van der Waals surface area contributed by atoms with Gasteiger partial charge in [0.05, 0.1) is 6.61 Å². The zero-order chi connectivity index (χ0) is 12.7. The quantitative estimate of drug-likeness (QED) is 0.716. The number of hydrogen-bond acceptors (Lipinski definition) is 5. The van der Waals surface area contributed by atoms with Crippen molar-refractivity contribution in [3.63, 3.8) is 0 Å². The second-order valence-corrected chi connectivity index (χ2v) is 7.62. The van der Waals surface area contributed by atoms with Gasteiger partial charge in [-0.25, -0.2) is 13.1 Å². The van der Waals surface area contributed by atoms with Gasteiger partial charge in [0.15, 0.2) is 0 Å². The van der Waals surface area contributed by atoms with E-state index in [1.165, 1.54) is 6.07 Å². The summed E-state index contributed by atoms with van der Waals surface area (Å²) in [6.07, 6.45) is 3.89. The molecule has 0 aliphatic rings. The van der Waals surface area contributed by atoms with Crippen LogP contribution in [0.1, 0.15) is 17.7 Å². The van der Waals surface area contributed by atoms with Crippen molar-refractivity contribution in [2.24, 2.45) is 0 Å². The van der Waals surface area contributed by atoms with Crippen molar-refractivity contribution in [2.45, 2.75) is 23.7 Å². The lowest BCUT2D eigenvalue weighted by Crippen LogP contribution is -2.24. The van der Waals surface area contributed by atoms with E-state index in [4.69, 9.17) is 5.11 Å². The largest absolute Gasteiger partial charge is 0.391 e. The van der Waals surface area contributed by atoms with Gasteiger partial charge in [0.2, 0.25) is 10.0 Å². The molecule has 2 N–H and O–H groups in total. The Morgan fingerprint density at radius 1 is 1.41 bits per heavy atom. The van der Waals surface area contributed by atoms with E-state index in [-0.39, 0.29) is 10.8 Å². The summed E-state index contributed by atoms with van der Waals surface area (Å²) in [5.74, 6) is 1.05. The zero-order valence-corrected chi connectivity index (χ0v) is 12.1. The van der Waals surface area contributed by atoms with Crippen molar-refractivity contribution >= 4 is 33.1 Å². The molecule has 0 aliphatic carbocycles. The number of nitrogens with one attached hydrogen (secondary N) is 1. The Kier molecular flexibility index (Phi) is 6.50. The normalized spacial score (nSPS) is 11.9. The highest BCUT2D eigenvalue weighted by atomic mass is 32.2. The van der Waals surface area contributed by atoms with E-state index in [1.807, 2.05) is 6.26 Å². The number of aliphatic hydroxyl groups excluding tert-OH is 1. The Labute approximate surface area is 110 Å². The molecule has 4 nitrogen and oxygen atoms in total. The minimum atomic E-state index is -3.39. The molecule has 0 unspecified atom stereocenters. The predicted molar refractivity (Wildman–Crippen MR) is 73.0 cm³/mol. The van der Waals surface area contributed by atoms with Crippen LogP contribution in [0.4, 0.5) is 0 Å². The van der Waals surface area contributed by atoms with E-state index in [0.717, 1.165) is 29.9 Å². The van der Waals surface area contributed by atoms with Crippen LogP contribution in [0.5, 0.6) is 0 Å². The highest BCUT2D eigenvalue weighted by Crippen LogP contribution is 2.21. The first-order chi connectivity index (χ1) is 8.10. The first-order valence-corrected chi connectivity index (χ1v) is 8.97. The molecule has 1 aromatic heterocycles. The van der Waals surface area contributed by atoms with Crippen LogP contribution in [-0.4, -0.2) is 32.1 Å². The summed E-state index contributed by atoms with van der Waals surface area (Å²) in [5.41, 5.74) is 0. The molecule has 98 valence electrons. The van der Waals surface area contributed by atoms with Crippen LogP contribution in [0.3, 0.4) is 0 Å². The molecule has 0 atom stereocenters. The van der Waals surface area contributed by atoms with E-state index >= 15 is 0 Å². The number of thiophene rings is 1. The first-order valence-electron chi connectivity index (χ1n) is 5.28. The predicted octanol–water partition coefficient (Wildman–Crippen LogP) is 1.66. The summed E-state index contributed by atoms with van der Waals surface area (Å²) in [4.78, 5) is 0.660. The highest BCUT2D eigenvalue weighted by Gasteiger charge is 2.15. The van der Waals surface area contributed by atoms with Crippen LogP contribution in [0.25, 0.3) is 0 Å². The summed E-state index contributed by atoms with van der Waals surface area (Å²) in [5, 5.41) is 8.88. The molecule has 0 saturated carbocycles. The molecule has 0 aromatic carbocycles. The number of hydrogen-bond donors (Lipinski definition) is 2. The van der Waals surface area contributed by atoms with Crippen LogP contribution in [0.2, 0.25) is 0 Å². The van der Waals surface area contributed by atoms with E-state index in [1.54, 1.807) is 17.8 Å². The lowest BCUT2D eigenvalue weighted by atomic mass is 10.3. The maximum absolute atomic E-state index is 11.8. The molecule has 0 saturated heterocycles. The molecule has 1 rings (SSSR count). The van der Waals surface area contributed by atoms with Crippen LogP contribution >= 0.6 is 23.1 Å². The van der Waals surface area contributed by atoms with Gasteiger partial charge in [-0.05, 0) is 37.0 Å². The Hall–Kier alpha value is -0.0800. The van der Waals surface area contributed by atoms with Crippen molar-refractivity contribution in [2.75, 3.05) is 18.6 Å². The molecule has 0 amide bonds. The number of thioether (sulfide) groups is 1. The van der Waals surface area contributed by atoms with Crippen LogP contribution in [0.15, 0.2) is 16.3 Å². The topological polar surface area (TPSA) is 66.4 Å². The second-order valence-electron chi connectivity index (χ2n) is 3.48. The molecular weight excluding hydrogens is 278 g/mol. The third-order valence-electron chi connectivity index (χ3n) is 2.13. The number of sulfonamides is 1. The summed E-state index contributed by atoms with van der Waals surface area (Å²) in [7, 11) is -3.39. The second kappa shape index (κ2) is 7.38. The van der Waals surface area contributed by atoms with Gasteiger partial charge in [-0.15, -0.1) is 11.3 Å². The van der Waals surface area contributed by atoms with Crippen molar-refractivity contribution in [1.29, 1.82) is 0 Å². The molecule has 0 bridgehead atoms. The Morgan fingerprint density at radius 2 is 2.18 bits per heavy atom. The average Bonchev–Trinajstić information content (AvgIpc) is 2.78. The minimum absolute atomic E-state index is 0.117. The van der Waals surface area contributed by atoms with Crippen LogP contribution in [-0.2, 0) is 16.6 Å². The Balaban J connectivity index is 2.45. The first kappa shape index (κ1) is 15.0. The average molecular weight is 295 g/mol. The lowest BCUT2D eigenvalue weighted by molar-refractivity contribution is 0.285. The maximum atomic E-state index is 11.8. The van der Waals surface area contributed by atoms with Gasteiger partial charge >= 0.3 is 0 Å². The Bertz CT molecular complexity index is 428. The summed E-state index contributed by atoms with van der Waals surface area (Å²) in [6.45, 7) is 0.350. The standard InChI is InChI=1S/C10H17NO3S3/c1-15-7-3-2-6-11-17(13,14)10-5-4-9(8-12)16-10/h4-5,11-12H,2-3,6-8H2,1H3. The lowest BCUT2D eigenvalue weighted by Gasteiger charge is -2.03.